The predicted octanol–water partition coefficient (Wildman–Crippen LogP) is 1.64. The summed E-state index contributed by atoms with van der Waals surface area (Å²) in [7, 11) is 0. The molecule has 0 radical (unpaired) electrons. The summed E-state index contributed by atoms with van der Waals surface area (Å²) in [5.41, 5.74) is -0.888. The van der Waals surface area contributed by atoms with Crippen molar-refractivity contribution in [2.75, 3.05) is 13.2 Å². The molecule has 1 unspecified atom stereocenters. The van der Waals surface area contributed by atoms with E-state index in [4.69, 9.17) is 9.84 Å². The Bertz CT molecular complexity index is 443. The average Bonchev–Trinajstić information content (AvgIpc) is 2.44. The zero-order valence-electron chi connectivity index (χ0n) is 11.5. The van der Waals surface area contributed by atoms with Crippen molar-refractivity contribution in [3.63, 3.8) is 0 Å². The maximum Gasteiger partial charge on any atom is 0.323 e. The highest BCUT2D eigenvalue weighted by molar-refractivity contribution is 5.99. The van der Waals surface area contributed by atoms with Gasteiger partial charge in [-0.1, -0.05) is 30.3 Å². The molecule has 0 fully saturated rings. The molecule has 5 nitrogen and oxygen atoms in total. The maximum atomic E-state index is 12.1. The van der Waals surface area contributed by atoms with Crippen LogP contribution < -0.4 is 0 Å². The lowest BCUT2D eigenvalue weighted by atomic mass is 9.77. The van der Waals surface area contributed by atoms with E-state index < -0.39 is 17.4 Å². The summed E-state index contributed by atoms with van der Waals surface area (Å²) < 4.78 is 4.94. The molecule has 1 aromatic rings. The van der Waals surface area contributed by atoms with Crippen LogP contribution in [0.2, 0.25) is 0 Å². The molecule has 0 bridgehead atoms. The first kappa shape index (κ1) is 16.2. The molecule has 2 N–H and O–H groups in total. The number of aliphatic hydroxyl groups excluding tert-OH is 1. The molecule has 1 aromatic carbocycles. The van der Waals surface area contributed by atoms with Crippen molar-refractivity contribution >= 4 is 11.9 Å². The van der Waals surface area contributed by atoms with Gasteiger partial charge in [-0.25, -0.2) is 0 Å². The third-order valence-corrected chi connectivity index (χ3v) is 3.19. The second kappa shape index (κ2) is 7.65. The molecule has 20 heavy (non-hydrogen) atoms. The number of aliphatic carboxylic acids is 1. The summed E-state index contributed by atoms with van der Waals surface area (Å²) in [6.45, 7) is 1.60. The Labute approximate surface area is 118 Å². The molecular formula is C15H20O5. The van der Waals surface area contributed by atoms with E-state index in [1.54, 1.807) is 31.2 Å². The fourth-order valence-corrected chi connectivity index (χ4v) is 2.13. The monoisotopic (exact) mass is 280 g/mol. The third-order valence-electron chi connectivity index (χ3n) is 3.19. The van der Waals surface area contributed by atoms with Gasteiger partial charge in [0.15, 0.2) is 5.41 Å². The van der Waals surface area contributed by atoms with Gasteiger partial charge in [0.05, 0.1) is 6.61 Å². The van der Waals surface area contributed by atoms with Crippen LogP contribution in [-0.2, 0) is 20.7 Å². The maximum absolute atomic E-state index is 12.1. The van der Waals surface area contributed by atoms with E-state index in [0.29, 0.717) is 0 Å². The van der Waals surface area contributed by atoms with Gasteiger partial charge in [0.25, 0.3) is 0 Å². The van der Waals surface area contributed by atoms with E-state index in [2.05, 4.69) is 0 Å². The Hall–Kier alpha value is -1.88. The number of ether oxygens (including phenoxy) is 1. The summed E-state index contributed by atoms with van der Waals surface area (Å²) in [5.74, 6) is -1.96. The van der Waals surface area contributed by atoms with Gasteiger partial charge in [0.2, 0.25) is 0 Å². The number of carbonyl (C=O) groups is 2. The van der Waals surface area contributed by atoms with Gasteiger partial charge in [-0.15, -0.1) is 0 Å². The first-order valence-corrected chi connectivity index (χ1v) is 6.62. The van der Waals surface area contributed by atoms with Crippen LogP contribution in [0.5, 0.6) is 0 Å². The number of carboxylic acid groups (broad SMARTS) is 1. The van der Waals surface area contributed by atoms with Crippen molar-refractivity contribution in [2.45, 2.75) is 26.2 Å². The van der Waals surface area contributed by atoms with E-state index >= 15 is 0 Å². The van der Waals surface area contributed by atoms with Crippen LogP contribution in [0.1, 0.15) is 25.3 Å². The van der Waals surface area contributed by atoms with Gasteiger partial charge in [-0.3, -0.25) is 9.59 Å². The number of esters is 1. The number of hydrogen-bond donors (Lipinski definition) is 2. The van der Waals surface area contributed by atoms with E-state index in [-0.39, 0.29) is 32.5 Å². The summed E-state index contributed by atoms with van der Waals surface area (Å²) in [4.78, 5) is 23.8. The van der Waals surface area contributed by atoms with Crippen molar-refractivity contribution in [1.82, 2.24) is 0 Å². The molecule has 0 aromatic heterocycles. The Morgan fingerprint density at radius 1 is 1.25 bits per heavy atom. The van der Waals surface area contributed by atoms with Gasteiger partial charge in [0, 0.05) is 6.61 Å². The molecule has 0 saturated carbocycles. The quantitative estimate of drug-likeness (QED) is 0.558. The van der Waals surface area contributed by atoms with Crippen molar-refractivity contribution in [2.24, 2.45) is 5.41 Å². The third kappa shape index (κ3) is 3.81. The average molecular weight is 280 g/mol. The van der Waals surface area contributed by atoms with Crippen molar-refractivity contribution < 1.29 is 24.5 Å². The van der Waals surface area contributed by atoms with E-state index in [1.165, 1.54) is 0 Å². The summed E-state index contributed by atoms with van der Waals surface area (Å²) in [5, 5.41) is 18.5. The highest BCUT2D eigenvalue weighted by Crippen LogP contribution is 2.31. The predicted molar refractivity (Wildman–Crippen MR) is 73.2 cm³/mol. The smallest absolute Gasteiger partial charge is 0.323 e. The number of aliphatic hydroxyl groups is 1. The number of carboxylic acids is 1. The molecule has 110 valence electrons. The minimum absolute atomic E-state index is 0.0482. The van der Waals surface area contributed by atoms with Gasteiger partial charge < -0.3 is 14.9 Å². The van der Waals surface area contributed by atoms with Crippen molar-refractivity contribution in [3.05, 3.63) is 35.9 Å². The van der Waals surface area contributed by atoms with Gasteiger partial charge in [0.1, 0.15) is 0 Å². The molecule has 1 atom stereocenters. The molecule has 5 heteroatoms. The molecule has 0 heterocycles. The molecule has 0 amide bonds. The fraction of sp³-hybridized carbons (Fsp3) is 0.467. The summed E-state index contributed by atoms with van der Waals surface area (Å²) >= 11 is 0. The summed E-state index contributed by atoms with van der Waals surface area (Å²) in [6, 6.07) is 8.95. The second-order valence-corrected chi connectivity index (χ2v) is 4.60. The lowest BCUT2D eigenvalue weighted by Gasteiger charge is -2.27. The van der Waals surface area contributed by atoms with Gasteiger partial charge >= 0.3 is 11.9 Å². The highest BCUT2D eigenvalue weighted by Gasteiger charge is 2.47. The summed E-state index contributed by atoms with van der Waals surface area (Å²) in [6.07, 6.45) is 0.340. The zero-order valence-corrected chi connectivity index (χ0v) is 11.5. The zero-order chi connectivity index (χ0) is 15.0. The van der Waals surface area contributed by atoms with E-state index in [9.17, 15) is 14.7 Å². The molecule has 0 aliphatic carbocycles. The first-order chi connectivity index (χ1) is 9.56. The minimum atomic E-state index is -1.64. The lowest BCUT2D eigenvalue weighted by Crippen LogP contribution is -2.43. The fourth-order valence-electron chi connectivity index (χ4n) is 2.13. The second-order valence-electron chi connectivity index (χ2n) is 4.60. The van der Waals surface area contributed by atoms with E-state index in [0.717, 1.165) is 5.56 Å². The van der Waals surface area contributed by atoms with Crippen molar-refractivity contribution in [3.8, 4) is 0 Å². The van der Waals surface area contributed by atoms with Crippen LogP contribution in [0.15, 0.2) is 30.3 Å². The first-order valence-electron chi connectivity index (χ1n) is 6.62. The van der Waals surface area contributed by atoms with Crippen LogP contribution >= 0.6 is 0 Å². The number of rotatable bonds is 8. The van der Waals surface area contributed by atoms with E-state index in [1.807, 2.05) is 6.07 Å². The van der Waals surface area contributed by atoms with Gasteiger partial charge in [-0.05, 0) is 31.7 Å². The molecule has 1 rings (SSSR count). The molecule has 0 spiro atoms. The Balaban J connectivity index is 3.08. The Morgan fingerprint density at radius 3 is 2.40 bits per heavy atom. The van der Waals surface area contributed by atoms with Crippen LogP contribution in [0.25, 0.3) is 0 Å². The number of benzene rings is 1. The lowest BCUT2D eigenvalue weighted by molar-refractivity contribution is -0.169. The number of hydrogen-bond acceptors (Lipinski definition) is 4. The molecule has 0 saturated heterocycles. The van der Waals surface area contributed by atoms with Crippen LogP contribution in [0, 0.1) is 5.41 Å². The largest absolute Gasteiger partial charge is 0.480 e. The van der Waals surface area contributed by atoms with Crippen molar-refractivity contribution in [1.29, 1.82) is 0 Å². The Kier molecular flexibility index (Phi) is 6.18. The minimum Gasteiger partial charge on any atom is -0.480 e. The standard InChI is InChI=1S/C15H20O5/c1-2-20-14(19)15(13(17)18,9-6-10-16)11-12-7-4-3-5-8-12/h3-5,7-8,16H,2,6,9-11H2,1H3,(H,17,18). The number of carbonyl (C=O) groups excluding carboxylic acids is 1. The van der Waals surface area contributed by atoms with Crippen LogP contribution in [-0.4, -0.2) is 35.4 Å². The topological polar surface area (TPSA) is 83.8 Å². The van der Waals surface area contributed by atoms with Crippen LogP contribution in [0.4, 0.5) is 0 Å². The highest BCUT2D eigenvalue weighted by atomic mass is 16.5. The van der Waals surface area contributed by atoms with Gasteiger partial charge in [-0.2, -0.15) is 0 Å². The van der Waals surface area contributed by atoms with Crippen LogP contribution in [0.3, 0.4) is 0 Å². The molecule has 0 aliphatic heterocycles. The molecule has 0 aliphatic rings. The Morgan fingerprint density at radius 2 is 1.90 bits per heavy atom. The normalized spacial score (nSPS) is 13.5. The SMILES string of the molecule is CCOC(=O)C(CCCO)(Cc1ccccc1)C(=O)O. The molecular weight excluding hydrogens is 260 g/mol.